The van der Waals surface area contributed by atoms with Gasteiger partial charge in [0.05, 0.1) is 12.2 Å². The van der Waals surface area contributed by atoms with Gasteiger partial charge in [-0.3, -0.25) is 9.89 Å². The van der Waals surface area contributed by atoms with Gasteiger partial charge in [0.25, 0.3) is 0 Å². The number of rotatable bonds is 9. The van der Waals surface area contributed by atoms with E-state index < -0.39 is 10.0 Å². The van der Waals surface area contributed by atoms with Crippen molar-refractivity contribution in [3.8, 4) is 0 Å². The predicted molar refractivity (Wildman–Crippen MR) is 129 cm³/mol. The molecule has 2 fully saturated rings. The third kappa shape index (κ3) is 7.06. The molecule has 0 bridgehead atoms. The maximum atomic E-state index is 12.6. The van der Waals surface area contributed by atoms with Crippen molar-refractivity contribution >= 4 is 40.0 Å². The monoisotopic (exact) mass is 554 g/mol. The zero-order valence-electron chi connectivity index (χ0n) is 18.2. The van der Waals surface area contributed by atoms with Crippen LogP contribution in [0.4, 0.5) is 0 Å². The van der Waals surface area contributed by atoms with Gasteiger partial charge >= 0.3 is 0 Å². The van der Waals surface area contributed by atoms with E-state index in [-0.39, 0.29) is 29.7 Å². The fraction of sp³-hybridized carbons (Fsp3) is 0.789. The van der Waals surface area contributed by atoms with Gasteiger partial charge in [0.15, 0.2) is 5.96 Å². The summed E-state index contributed by atoms with van der Waals surface area (Å²) in [5.41, 5.74) is 0.438. The maximum Gasteiger partial charge on any atom is 0.220 e. The number of hydrogen-bond acceptors (Lipinski definition) is 6. The van der Waals surface area contributed by atoms with Crippen LogP contribution in [-0.2, 0) is 15.8 Å². The number of piperazine rings is 1. The second-order valence-electron chi connectivity index (χ2n) is 7.93. The highest BCUT2D eigenvalue weighted by atomic mass is 127. The third-order valence-electron chi connectivity index (χ3n) is 5.39. The maximum absolute atomic E-state index is 12.6. The van der Waals surface area contributed by atoms with Gasteiger partial charge in [-0.15, -0.1) is 24.0 Å². The molecule has 1 aromatic heterocycles. The summed E-state index contributed by atoms with van der Waals surface area (Å²) in [5.74, 6) is 0.754. The first-order valence-corrected chi connectivity index (χ1v) is 12.2. The van der Waals surface area contributed by atoms with Crippen molar-refractivity contribution in [3.63, 3.8) is 0 Å². The van der Waals surface area contributed by atoms with Gasteiger partial charge in [0.2, 0.25) is 10.0 Å². The average molecular weight is 554 g/mol. The van der Waals surface area contributed by atoms with Gasteiger partial charge in [-0.2, -0.15) is 4.31 Å². The number of guanidine groups is 1. The van der Waals surface area contributed by atoms with E-state index in [2.05, 4.69) is 41.0 Å². The van der Waals surface area contributed by atoms with Gasteiger partial charge in [-0.1, -0.05) is 5.16 Å². The molecule has 1 aromatic rings. The van der Waals surface area contributed by atoms with Crippen LogP contribution in [0, 0.1) is 0 Å². The predicted octanol–water partition coefficient (Wildman–Crippen LogP) is 1.58. The number of halogens is 1. The summed E-state index contributed by atoms with van der Waals surface area (Å²) < 4.78 is 31.5. The molecule has 30 heavy (non-hydrogen) atoms. The van der Waals surface area contributed by atoms with Crippen LogP contribution in [0.5, 0.6) is 0 Å². The standard InChI is InChI=1S/C19H34N6O3S.HI/c1-4-20-19(21-8-9-25(16(2)3)18-5-6-18)23-10-12-24(13-11-23)29(26,27)15-17-7-14-28-22-17;/h7,14,16,18H,4-6,8-13,15H2,1-3H3,(H,20,21);1H. The Kier molecular flexibility index (Phi) is 9.82. The lowest BCUT2D eigenvalue weighted by Gasteiger charge is -2.36. The summed E-state index contributed by atoms with van der Waals surface area (Å²) in [6.45, 7) is 11.2. The summed E-state index contributed by atoms with van der Waals surface area (Å²) in [4.78, 5) is 9.50. The lowest BCUT2D eigenvalue weighted by atomic mass is 10.3. The Morgan fingerprint density at radius 2 is 2.03 bits per heavy atom. The first-order valence-electron chi connectivity index (χ1n) is 10.6. The highest BCUT2D eigenvalue weighted by Crippen LogP contribution is 2.28. The van der Waals surface area contributed by atoms with E-state index in [1.165, 1.54) is 23.4 Å². The van der Waals surface area contributed by atoms with Gasteiger partial charge in [-0.25, -0.2) is 8.42 Å². The number of hydrogen-bond donors (Lipinski definition) is 1. The molecule has 0 amide bonds. The Bertz CT molecular complexity index is 757. The van der Waals surface area contributed by atoms with Crippen molar-refractivity contribution in [2.24, 2.45) is 4.99 Å². The van der Waals surface area contributed by atoms with E-state index >= 15 is 0 Å². The smallest absolute Gasteiger partial charge is 0.220 e. The Morgan fingerprint density at radius 3 is 2.57 bits per heavy atom. The number of nitrogens with one attached hydrogen (secondary N) is 1. The molecule has 1 saturated heterocycles. The molecule has 172 valence electrons. The molecule has 2 heterocycles. The number of aliphatic imine (C=N–C) groups is 1. The Morgan fingerprint density at radius 1 is 1.33 bits per heavy atom. The summed E-state index contributed by atoms with van der Waals surface area (Å²) in [6.07, 6.45) is 3.99. The fourth-order valence-corrected chi connectivity index (χ4v) is 5.16. The lowest BCUT2D eigenvalue weighted by molar-refractivity contribution is 0.217. The van der Waals surface area contributed by atoms with E-state index in [0.717, 1.165) is 31.6 Å². The van der Waals surface area contributed by atoms with E-state index in [1.54, 1.807) is 6.07 Å². The van der Waals surface area contributed by atoms with Gasteiger partial charge in [-0.05, 0) is 33.6 Å². The molecule has 0 atom stereocenters. The fourth-order valence-electron chi connectivity index (χ4n) is 3.73. The van der Waals surface area contributed by atoms with Crippen LogP contribution < -0.4 is 5.32 Å². The van der Waals surface area contributed by atoms with Crippen molar-refractivity contribution in [1.29, 1.82) is 0 Å². The largest absolute Gasteiger partial charge is 0.364 e. The van der Waals surface area contributed by atoms with Crippen molar-refractivity contribution in [3.05, 3.63) is 18.0 Å². The lowest BCUT2D eigenvalue weighted by Crippen LogP contribution is -2.54. The molecule has 0 radical (unpaired) electrons. The van der Waals surface area contributed by atoms with Crippen LogP contribution in [0.1, 0.15) is 39.3 Å². The molecule has 9 nitrogen and oxygen atoms in total. The van der Waals surface area contributed by atoms with Gasteiger partial charge in [0.1, 0.15) is 12.0 Å². The molecule has 0 aromatic carbocycles. The summed E-state index contributed by atoms with van der Waals surface area (Å²) >= 11 is 0. The molecule has 0 unspecified atom stereocenters. The minimum atomic E-state index is -3.39. The van der Waals surface area contributed by atoms with Crippen LogP contribution in [0.15, 0.2) is 21.8 Å². The molecule has 1 saturated carbocycles. The Balaban J connectivity index is 0.00000320. The molecule has 0 spiro atoms. The van der Waals surface area contributed by atoms with Crippen LogP contribution >= 0.6 is 24.0 Å². The van der Waals surface area contributed by atoms with Crippen LogP contribution in [0.3, 0.4) is 0 Å². The first-order chi connectivity index (χ1) is 13.9. The molecule has 1 N–H and O–H groups in total. The summed E-state index contributed by atoms with van der Waals surface area (Å²) in [7, 11) is -3.39. The Labute approximate surface area is 197 Å². The molecular formula is C19H35IN6O3S. The zero-order chi connectivity index (χ0) is 20.9. The van der Waals surface area contributed by atoms with Crippen LogP contribution in [0.2, 0.25) is 0 Å². The van der Waals surface area contributed by atoms with E-state index in [4.69, 9.17) is 9.52 Å². The minimum absolute atomic E-state index is 0. The topological polar surface area (TPSA) is 94.3 Å². The number of nitrogens with zero attached hydrogens (tertiary/aromatic N) is 5. The third-order valence-corrected chi connectivity index (χ3v) is 7.20. The SMILES string of the molecule is CCNC(=NCCN(C(C)C)C1CC1)N1CCN(S(=O)(=O)Cc2ccon2)CC1.I. The first kappa shape index (κ1) is 25.3. The van der Waals surface area contributed by atoms with Crippen molar-refractivity contribution < 1.29 is 12.9 Å². The highest BCUT2D eigenvalue weighted by molar-refractivity contribution is 14.0. The highest BCUT2D eigenvalue weighted by Gasteiger charge is 2.31. The molecule has 2 aliphatic rings. The van der Waals surface area contributed by atoms with E-state index in [0.29, 0.717) is 37.9 Å². The van der Waals surface area contributed by atoms with E-state index in [9.17, 15) is 8.42 Å². The van der Waals surface area contributed by atoms with Crippen LogP contribution in [-0.4, -0.2) is 91.5 Å². The minimum Gasteiger partial charge on any atom is -0.364 e. The molecule has 3 rings (SSSR count). The molecular weight excluding hydrogens is 519 g/mol. The Hall–Kier alpha value is -0.920. The molecule has 11 heteroatoms. The molecule has 1 aliphatic heterocycles. The van der Waals surface area contributed by atoms with Gasteiger partial charge < -0.3 is 14.7 Å². The molecule has 1 aliphatic carbocycles. The number of aromatic nitrogens is 1. The van der Waals surface area contributed by atoms with Crippen molar-refractivity contribution in [2.45, 2.75) is 51.4 Å². The summed E-state index contributed by atoms with van der Waals surface area (Å²) in [6, 6.07) is 2.86. The second-order valence-corrected chi connectivity index (χ2v) is 9.90. The van der Waals surface area contributed by atoms with Crippen LogP contribution in [0.25, 0.3) is 0 Å². The van der Waals surface area contributed by atoms with E-state index in [1.807, 2.05) is 0 Å². The second kappa shape index (κ2) is 11.6. The van der Waals surface area contributed by atoms with Crippen molar-refractivity contribution in [2.75, 3.05) is 45.8 Å². The summed E-state index contributed by atoms with van der Waals surface area (Å²) in [5, 5.41) is 7.07. The number of sulfonamides is 1. The quantitative estimate of drug-likeness (QED) is 0.282. The normalized spacial score (nSPS) is 18.7. The zero-order valence-corrected chi connectivity index (χ0v) is 21.3. The average Bonchev–Trinajstić information content (AvgIpc) is 3.40. The van der Waals surface area contributed by atoms with Crippen molar-refractivity contribution in [1.82, 2.24) is 24.6 Å². The van der Waals surface area contributed by atoms with Gasteiger partial charge in [0, 0.05) is 57.4 Å².